The van der Waals surface area contributed by atoms with E-state index in [1.54, 1.807) is 12.1 Å². The number of piperidine rings is 1. The summed E-state index contributed by atoms with van der Waals surface area (Å²) >= 11 is 0. The first-order valence-corrected chi connectivity index (χ1v) is 13.2. The van der Waals surface area contributed by atoms with Crippen LogP contribution in [-0.2, 0) is 28.7 Å². The third-order valence-corrected chi connectivity index (χ3v) is 6.57. The number of aliphatic carboxylic acids is 1. The number of carbonyl (C=O) groups is 6. The molecule has 0 saturated carbocycles. The number of benzene rings is 1. The number of imide groups is 2. The van der Waals surface area contributed by atoms with Crippen molar-refractivity contribution in [2.45, 2.75) is 76.9 Å². The number of nitrogens with zero attached hydrogens (tertiary/aromatic N) is 1. The van der Waals surface area contributed by atoms with Gasteiger partial charge in [0.15, 0.2) is 0 Å². The number of anilines is 1. The van der Waals surface area contributed by atoms with Gasteiger partial charge in [0.05, 0.1) is 36.1 Å². The Morgan fingerprint density at radius 3 is 2.59 bits per heavy atom. The van der Waals surface area contributed by atoms with Crippen molar-refractivity contribution in [3.05, 3.63) is 29.3 Å². The van der Waals surface area contributed by atoms with Gasteiger partial charge in [-0.2, -0.15) is 0 Å². The number of carboxylic acids is 1. The van der Waals surface area contributed by atoms with Gasteiger partial charge < -0.3 is 19.9 Å². The molecule has 0 radical (unpaired) electrons. The summed E-state index contributed by atoms with van der Waals surface area (Å²) in [5.74, 6) is -3.54. The van der Waals surface area contributed by atoms with E-state index in [-0.39, 0.29) is 54.5 Å². The summed E-state index contributed by atoms with van der Waals surface area (Å²) in [4.78, 5) is 73.6. The number of hydrogen-bond donors (Lipinski definition) is 3. The van der Waals surface area contributed by atoms with E-state index in [1.165, 1.54) is 6.07 Å². The van der Waals surface area contributed by atoms with E-state index in [0.717, 1.165) is 17.7 Å². The summed E-state index contributed by atoms with van der Waals surface area (Å²) in [7, 11) is 0. The second kappa shape index (κ2) is 14.5. The second-order valence-electron chi connectivity index (χ2n) is 9.61. The van der Waals surface area contributed by atoms with Crippen LogP contribution in [0.25, 0.3) is 0 Å². The lowest BCUT2D eigenvalue weighted by molar-refractivity contribution is -0.138. The number of fused-ring (bicyclic) bond motifs is 1. The van der Waals surface area contributed by atoms with E-state index in [9.17, 15) is 28.8 Å². The zero-order valence-corrected chi connectivity index (χ0v) is 22.0. The number of rotatable bonds is 16. The SMILES string of the molecule is CC(CCCC(=O)O)OCCOCCCCCC(=O)Nc1cccc2c1C(=O)N(C1CCC(=O)NC1=O)C2=O. The normalized spacial score (nSPS) is 17.7. The molecule has 2 aliphatic heterocycles. The lowest BCUT2D eigenvalue weighted by Crippen LogP contribution is -2.54. The molecule has 12 nitrogen and oxygen atoms in total. The van der Waals surface area contributed by atoms with E-state index < -0.39 is 35.6 Å². The van der Waals surface area contributed by atoms with Gasteiger partial charge in [-0.1, -0.05) is 12.5 Å². The van der Waals surface area contributed by atoms with Crippen molar-refractivity contribution in [1.82, 2.24) is 10.2 Å². The highest BCUT2D eigenvalue weighted by molar-refractivity contribution is 6.26. The minimum atomic E-state index is -1.07. The van der Waals surface area contributed by atoms with E-state index >= 15 is 0 Å². The van der Waals surface area contributed by atoms with E-state index in [1.807, 2.05) is 6.92 Å². The van der Waals surface area contributed by atoms with Gasteiger partial charge in [-0.3, -0.25) is 39.0 Å². The molecular weight excluding hydrogens is 510 g/mol. The van der Waals surface area contributed by atoms with Crippen LogP contribution in [0, 0.1) is 0 Å². The average Bonchev–Trinajstić information content (AvgIpc) is 3.13. The number of ether oxygens (including phenoxy) is 2. The Bertz CT molecular complexity index is 1100. The van der Waals surface area contributed by atoms with Gasteiger partial charge in [0.1, 0.15) is 6.04 Å². The zero-order valence-electron chi connectivity index (χ0n) is 22.0. The molecule has 212 valence electrons. The maximum atomic E-state index is 13.1. The first-order chi connectivity index (χ1) is 18.7. The highest BCUT2D eigenvalue weighted by atomic mass is 16.5. The highest BCUT2D eigenvalue weighted by Gasteiger charge is 2.45. The largest absolute Gasteiger partial charge is 0.481 e. The van der Waals surface area contributed by atoms with Crippen molar-refractivity contribution in [3.8, 4) is 0 Å². The Morgan fingerprint density at radius 1 is 1.05 bits per heavy atom. The Hall–Kier alpha value is -3.64. The number of carbonyl (C=O) groups excluding carboxylic acids is 5. The second-order valence-corrected chi connectivity index (χ2v) is 9.61. The summed E-state index contributed by atoms with van der Waals surface area (Å²) in [5, 5.41) is 13.5. The van der Waals surface area contributed by atoms with Crippen molar-refractivity contribution in [2.75, 3.05) is 25.1 Å². The van der Waals surface area contributed by atoms with Crippen molar-refractivity contribution in [1.29, 1.82) is 0 Å². The van der Waals surface area contributed by atoms with Gasteiger partial charge in [-0.25, -0.2) is 0 Å². The van der Waals surface area contributed by atoms with Gasteiger partial charge in [0.2, 0.25) is 17.7 Å². The maximum Gasteiger partial charge on any atom is 0.303 e. The fourth-order valence-electron chi connectivity index (χ4n) is 4.53. The molecule has 0 bridgehead atoms. The summed E-state index contributed by atoms with van der Waals surface area (Å²) in [6.45, 7) is 3.29. The van der Waals surface area contributed by atoms with E-state index in [2.05, 4.69) is 10.6 Å². The maximum absolute atomic E-state index is 13.1. The highest BCUT2D eigenvalue weighted by Crippen LogP contribution is 2.32. The molecule has 0 aromatic heterocycles. The van der Waals surface area contributed by atoms with Crippen LogP contribution < -0.4 is 10.6 Å². The Balaban J connectivity index is 1.35. The molecule has 3 N–H and O–H groups in total. The van der Waals surface area contributed by atoms with Crippen LogP contribution in [0.4, 0.5) is 5.69 Å². The van der Waals surface area contributed by atoms with Crippen LogP contribution in [-0.4, -0.2) is 77.5 Å². The summed E-state index contributed by atoms with van der Waals surface area (Å²) in [6, 6.07) is 3.51. The Morgan fingerprint density at radius 2 is 1.85 bits per heavy atom. The number of hydrogen-bond acceptors (Lipinski definition) is 8. The van der Waals surface area contributed by atoms with Gasteiger partial charge in [0.25, 0.3) is 11.8 Å². The van der Waals surface area contributed by atoms with Crippen LogP contribution in [0.2, 0.25) is 0 Å². The lowest BCUT2D eigenvalue weighted by Gasteiger charge is -2.27. The van der Waals surface area contributed by atoms with Crippen LogP contribution in [0.3, 0.4) is 0 Å². The number of unbranched alkanes of at least 4 members (excludes halogenated alkanes) is 2. The molecule has 1 saturated heterocycles. The summed E-state index contributed by atoms with van der Waals surface area (Å²) in [5.41, 5.74) is 0.372. The molecular formula is C27H35N3O9. The molecule has 39 heavy (non-hydrogen) atoms. The molecule has 1 fully saturated rings. The molecule has 0 spiro atoms. The van der Waals surface area contributed by atoms with Crippen LogP contribution in [0.15, 0.2) is 18.2 Å². The standard InChI is InChI=1S/C27H35N3O9/c1-17(7-5-11-23(33)34)39-16-15-38-14-4-2-3-10-21(31)28-19-9-6-8-18-24(19)27(37)30(26(18)36)20-12-13-22(32)29-25(20)35/h6,8-9,17,20H,2-5,7,10-16H2,1H3,(H,28,31)(H,33,34)(H,29,32,35). The first-order valence-electron chi connectivity index (χ1n) is 13.2. The molecule has 2 unspecified atom stereocenters. The summed E-state index contributed by atoms with van der Waals surface area (Å²) < 4.78 is 11.1. The zero-order chi connectivity index (χ0) is 28.4. The minimum Gasteiger partial charge on any atom is -0.481 e. The quantitative estimate of drug-likeness (QED) is 0.208. The fourth-order valence-corrected chi connectivity index (χ4v) is 4.53. The van der Waals surface area contributed by atoms with Gasteiger partial charge in [0, 0.05) is 25.9 Å². The summed E-state index contributed by atoms with van der Waals surface area (Å²) in [6.07, 6.45) is 3.81. The molecule has 2 atom stereocenters. The number of amides is 5. The molecule has 3 rings (SSSR count). The Kier molecular flexibility index (Phi) is 11.1. The van der Waals surface area contributed by atoms with Crippen LogP contribution >= 0.6 is 0 Å². The fraction of sp³-hybridized carbons (Fsp3) is 0.556. The van der Waals surface area contributed by atoms with Crippen LogP contribution in [0.1, 0.15) is 85.4 Å². The molecule has 1 aromatic rings. The molecule has 0 aliphatic carbocycles. The van der Waals surface area contributed by atoms with E-state index in [0.29, 0.717) is 39.1 Å². The molecule has 5 amide bonds. The average molecular weight is 546 g/mol. The predicted octanol–water partition coefficient (Wildman–Crippen LogP) is 2.26. The van der Waals surface area contributed by atoms with Crippen molar-refractivity contribution < 1.29 is 43.3 Å². The Labute approximate surface area is 226 Å². The minimum absolute atomic E-state index is 0.0220. The molecule has 12 heteroatoms. The smallest absolute Gasteiger partial charge is 0.303 e. The van der Waals surface area contributed by atoms with Crippen molar-refractivity contribution in [3.63, 3.8) is 0 Å². The third-order valence-electron chi connectivity index (χ3n) is 6.57. The predicted molar refractivity (Wildman–Crippen MR) is 138 cm³/mol. The van der Waals surface area contributed by atoms with Crippen molar-refractivity contribution >= 4 is 41.2 Å². The van der Waals surface area contributed by atoms with Crippen molar-refractivity contribution in [2.24, 2.45) is 0 Å². The number of nitrogens with one attached hydrogen (secondary N) is 2. The number of carboxylic acid groups (broad SMARTS) is 1. The van der Waals surface area contributed by atoms with Gasteiger partial charge in [-0.05, 0) is 51.2 Å². The molecule has 2 aliphatic rings. The monoisotopic (exact) mass is 545 g/mol. The third kappa shape index (κ3) is 8.42. The first kappa shape index (κ1) is 29.9. The lowest BCUT2D eigenvalue weighted by atomic mass is 10.0. The van der Waals surface area contributed by atoms with E-state index in [4.69, 9.17) is 14.6 Å². The van der Waals surface area contributed by atoms with Gasteiger partial charge >= 0.3 is 5.97 Å². The van der Waals surface area contributed by atoms with Crippen LogP contribution in [0.5, 0.6) is 0 Å². The molecule has 1 aromatic carbocycles. The molecule has 2 heterocycles. The van der Waals surface area contributed by atoms with Gasteiger partial charge in [-0.15, -0.1) is 0 Å². The topological polar surface area (TPSA) is 168 Å².